The molecular weight excluding hydrogens is 877 g/mol. The Bertz CT molecular complexity index is 4220. The Hall–Kier alpha value is -8.74. The van der Waals surface area contributed by atoms with Gasteiger partial charge in [0, 0.05) is 78.8 Å². The van der Waals surface area contributed by atoms with E-state index in [4.69, 9.17) is 9.97 Å². The van der Waals surface area contributed by atoms with E-state index in [0.717, 1.165) is 61.6 Å². The van der Waals surface area contributed by atoms with Gasteiger partial charge in [0.1, 0.15) is 0 Å². The Balaban J connectivity index is 0.969. The minimum Gasteiger partial charge on any atom is -0.335 e. The zero-order chi connectivity index (χ0) is 48.7. The monoisotopic (exact) mass is 930 g/mol. The molecule has 0 bridgehead atoms. The lowest BCUT2D eigenvalue weighted by Gasteiger charge is -2.41. The zero-order valence-electron chi connectivity index (χ0n) is 41.3. The Morgan fingerprint density at radius 3 is 1.56 bits per heavy atom. The smallest absolute Gasteiger partial charge is 0.0985 e. The lowest BCUT2D eigenvalue weighted by Crippen LogP contribution is -2.43. The first-order chi connectivity index (χ1) is 35.1. The van der Waals surface area contributed by atoms with Gasteiger partial charge in [0.05, 0.1) is 50.2 Å². The van der Waals surface area contributed by atoms with Gasteiger partial charge in [-0.2, -0.15) is 0 Å². The molecule has 13 aromatic rings. The molecule has 6 heteroatoms. The summed E-state index contributed by atoms with van der Waals surface area (Å²) < 4.78 is 4.80. The molecule has 0 N–H and O–H groups in total. The fourth-order valence-corrected chi connectivity index (χ4v) is 11.7. The van der Waals surface area contributed by atoms with Gasteiger partial charge < -0.3 is 18.9 Å². The number of fused-ring (bicyclic) bond motifs is 10. The predicted molar refractivity (Wildman–Crippen MR) is 304 cm³/mol. The third-order valence-corrected chi connectivity index (χ3v) is 14.6. The Labute approximate surface area is 419 Å². The molecule has 72 heavy (non-hydrogen) atoms. The lowest BCUT2D eigenvalue weighted by atomic mass is 9.92. The fourth-order valence-electron chi connectivity index (χ4n) is 11.7. The summed E-state index contributed by atoms with van der Waals surface area (Å²) >= 11 is 0. The van der Waals surface area contributed by atoms with Gasteiger partial charge in [0.25, 0.3) is 0 Å². The molecule has 0 saturated carbocycles. The van der Waals surface area contributed by atoms with Gasteiger partial charge in [-0.15, -0.1) is 0 Å². The third-order valence-electron chi connectivity index (χ3n) is 14.6. The van der Waals surface area contributed by atoms with Crippen LogP contribution in [0, 0.1) is 0 Å². The van der Waals surface area contributed by atoms with Gasteiger partial charge in [-0.05, 0) is 142 Å². The second kappa shape index (κ2) is 16.7. The van der Waals surface area contributed by atoms with Crippen molar-refractivity contribution in [1.29, 1.82) is 0 Å². The van der Waals surface area contributed by atoms with Crippen LogP contribution in [0.4, 0.5) is 22.7 Å². The summed E-state index contributed by atoms with van der Waals surface area (Å²) in [5.74, 6) is 0. The number of anilines is 4. The highest BCUT2D eigenvalue weighted by molar-refractivity contribution is 6.18. The standard InChI is InChI=1S/C66H54N6/c1-65(2,3)72(59-35-19-33-57-62(59)52-28-15-17-31-55(52)70(57)49-25-10-7-11-26-49)60-42-46-36-38-47(68-63(46)64-53(60)29-20-40-67-64)43-66(4,5)71(50-39-37-44-21-12-13-22-45(44)41-50)58-34-18-32-56-61(58)51-27-14-16-30-54(51)69(56)48-23-8-6-9-24-48/h6-42H,43H2,1-5H3. The van der Waals surface area contributed by atoms with Crippen molar-refractivity contribution in [3.8, 4) is 11.4 Å². The molecule has 0 unspecified atom stereocenters. The van der Waals surface area contributed by atoms with E-state index in [0.29, 0.717) is 6.42 Å². The first kappa shape index (κ1) is 43.3. The van der Waals surface area contributed by atoms with Crippen molar-refractivity contribution >= 4 is 98.9 Å². The molecule has 6 nitrogen and oxygen atoms in total. The van der Waals surface area contributed by atoms with E-state index in [1.54, 1.807) is 0 Å². The first-order valence-electron chi connectivity index (χ1n) is 25.0. The third kappa shape index (κ3) is 7.00. The number of hydrogen-bond donors (Lipinski definition) is 0. The van der Waals surface area contributed by atoms with Crippen LogP contribution in [0.5, 0.6) is 0 Å². The summed E-state index contributed by atoms with van der Waals surface area (Å²) in [7, 11) is 0. The maximum absolute atomic E-state index is 5.61. The molecule has 13 rings (SSSR count). The fraction of sp³-hybridized carbons (Fsp3) is 0.121. The first-order valence-corrected chi connectivity index (χ1v) is 25.0. The highest BCUT2D eigenvalue weighted by Gasteiger charge is 2.34. The van der Waals surface area contributed by atoms with Crippen LogP contribution in [0.15, 0.2) is 225 Å². The summed E-state index contributed by atoms with van der Waals surface area (Å²) in [6.45, 7) is 11.6. The molecule has 0 amide bonds. The molecule has 0 spiro atoms. The number of nitrogens with zero attached hydrogens (tertiary/aromatic N) is 6. The molecule has 9 aromatic carbocycles. The second-order valence-electron chi connectivity index (χ2n) is 20.8. The highest BCUT2D eigenvalue weighted by Crippen LogP contribution is 2.48. The van der Waals surface area contributed by atoms with Crippen molar-refractivity contribution in [3.05, 3.63) is 230 Å². The second-order valence-corrected chi connectivity index (χ2v) is 20.8. The number of hydrogen-bond acceptors (Lipinski definition) is 4. The molecule has 0 radical (unpaired) electrons. The molecule has 0 aliphatic rings. The van der Waals surface area contributed by atoms with Gasteiger partial charge in [-0.25, -0.2) is 0 Å². The van der Waals surface area contributed by atoms with Gasteiger partial charge >= 0.3 is 0 Å². The van der Waals surface area contributed by atoms with Crippen molar-refractivity contribution < 1.29 is 0 Å². The summed E-state index contributed by atoms with van der Waals surface area (Å²) in [5.41, 5.74) is 13.5. The lowest BCUT2D eigenvalue weighted by molar-refractivity contribution is 0.498. The van der Waals surface area contributed by atoms with Crippen LogP contribution < -0.4 is 9.80 Å². The minimum absolute atomic E-state index is 0.319. The van der Waals surface area contributed by atoms with E-state index in [-0.39, 0.29) is 5.54 Å². The number of aromatic nitrogens is 4. The normalized spacial score (nSPS) is 12.3. The Kier molecular flexibility index (Phi) is 10.0. The molecule has 4 heterocycles. The minimum atomic E-state index is -0.461. The van der Waals surface area contributed by atoms with Gasteiger partial charge in [-0.1, -0.05) is 121 Å². The van der Waals surface area contributed by atoms with Crippen molar-refractivity contribution in [2.45, 2.75) is 52.1 Å². The van der Waals surface area contributed by atoms with Crippen LogP contribution in [-0.2, 0) is 6.42 Å². The van der Waals surface area contributed by atoms with E-state index in [1.807, 2.05) is 6.20 Å². The number of rotatable bonds is 9. The van der Waals surface area contributed by atoms with Crippen LogP contribution in [0.25, 0.3) is 87.6 Å². The molecular formula is C66H54N6. The van der Waals surface area contributed by atoms with E-state index >= 15 is 0 Å². The van der Waals surface area contributed by atoms with Crippen LogP contribution in [0.2, 0.25) is 0 Å². The molecule has 0 saturated heterocycles. The van der Waals surface area contributed by atoms with E-state index < -0.39 is 5.54 Å². The summed E-state index contributed by atoms with van der Waals surface area (Å²) in [4.78, 5) is 15.9. The van der Waals surface area contributed by atoms with Crippen LogP contribution >= 0.6 is 0 Å². The van der Waals surface area contributed by atoms with Gasteiger partial charge in [-0.3, -0.25) is 9.97 Å². The van der Waals surface area contributed by atoms with Gasteiger partial charge in [0.2, 0.25) is 0 Å². The number of pyridine rings is 2. The molecule has 0 atom stereocenters. The zero-order valence-corrected chi connectivity index (χ0v) is 41.3. The molecule has 4 aromatic heterocycles. The van der Waals surface area contributed by atoms with Crippen molar-refractivity contribution in [1.82, 2.24) is 19.1 Å². The van der Waals surface area contributed by atoms with Gasteiger partial charge in [0.15, 0.2) is 0 Å². The molecule has 0 aliphatic heterocycles. The number of benzene rings is 9. The largest absolute Gasteiger partial charge is 0.335 e. The summed E-state index contributed by atoms with van der Waals surface area (Å²) in [6.07, 6.45) is 2.58. The molecule has 348 valence electrons. The SMILES string of the molecule is CC(C)(C)N(c1cc2ccc(CC(C)(C)N(c3ccc4ccccc4c3)c3cccc4c3c3ccccc3n4-c3ccccc3)nc2c2ncccc12)c1cccc2c1c1ccccc1n2-c1ccccc1. The molecule has 0 fully saturated rings. The number of para-hydroxylation sites is 4. The van der Waals surface area contributed by atoms with Crippen LogP contribution in [0.1, 0.15) is 40.3 Å². The summed E-state index contributed by atoms with van der Waals surface area (Å²) in [6, 6.07) is 79.2. The van der Waals surface area contributed by atoms with Crippen LogP contribution in [-0.4, -0.2) is 30.2 Å². The predicted octanol–water partition coefficient (Wildman–Crippen LogP) is 17.2. The maximum Gasteiger partial charge on any atom is 0.0985 e. The quantitative estimate of drug-likeness (QED) is 0.135. The van der Waals surface area contributed by atoms with E-state index in [9.17, 15) is 0 Å². The molecule has 0 aliphatic carbocycles. The average Bonchev–Trinajstić information content (AvgIpc) is 3.93. The Morgan fingerprint density at radius 2 is 0.931 bits per heavy atom. The Morgan fingerprint density at radius 1 is 0.403 bits per heavy atom. The van der Waals surface area contributed by atoms with Crippen molar-refractivity contribution in [2.75, 3.05) is 9.80 Å². The van der Waals surface area contributed by atoms with E-state index in [1.165, 1.54) is 54.4 Å². The van der Waals surface area contributed by atoms with Crippen molar-refractivity contribution in [2.24, 2.45) is 0 Å². The van der Waals surface area contributed by atoms with Crippen molar-refractivity contribution in [3.63, 3.8) is 0 Å². The van der Waals surface area contributed by atoms with Crippen LogP contribution in [0.3, 0.4) is 0 Å². The average molecular weight is 931 g/mol. The maximum atomic E-state index is 5.61. The highest BCUT2D eigenvalue weighted by atomic mass is 15.2. The summed E-state index contributed by atoms with van der Waals surface area (Å²) in [5, 5.41) is 9.40. The van der Waals surface area contributed by atoms with E-state index in [2.05, 4.69) is 272 Å². The topological polar surface area (TPSA) is 42.1 Å².